The van der Waals surface area contributed by atoms with Crippen molar-refractivity contribution >= 4 is 35.3 Å². The summed E-state index contributed by atoms with van der Waals surface area (Å²) in [5.74, 6) is -0.967. The van der Waals surface area contributed by atoms with Crippen LogP contribution in [0.1, 0.15) is 15.9 Å². The minimum Gasteiger partial charge on any atom is -0.468 e. The number of thioether (sulfide) groups is 1. The van der Waals surface area contributed by atoms with E-state index in [-0.39, 0.29) is 17.8 Å². The number of nitro groups is 1. The minimum atomic E-state index is -0.743. The van der Waals surface area contributed by atoms with Crippen LogP contribution in [0.25, 0.3) is 0 Å². The maximum absolute atomic E-state index is 12.2. The van der Waals surface area contributed by atoms with Crippen LogP contribution in [0.15, 0.2) is 18.2 Å². The van der Waals surface area contributed by atoms with Crippen molar-refractivity contribution in [1.82, 2.24) is 4.90 Å². The van der Waals surface area contributed by atoms with Gasteiger partial charge in [-0.1, -0.05) is 0 Å². The van der Waals surface area contributed by atoms with Crippen LogP contribution in [0.3, 0.4) is 0 Å². The van der Waals surface area contributed by atoms with E-state index in [0.717, 1.165) is 0 Å². The molecule has 10 heteroatoms. The third-order valence-corrected chi connectivity index (χ3v) is 5.00. The number of rotatable bonds is 5. The first-order valence-electron chi connectivity index (χ1n) is 7.73. The van der Waals surface area contributed by atoms with Gasteiger partial charge in [-0.15, -0.1) is 11.8 Å². The first-order chi connectivity index (χ1) is 12.3. The average molecular weight is 382 g/mol. The maximum Gasteiger partial charge on any atom is 0.338 e. The van der Waals surface area contributed by atoms with E-state index >= 15 is 0 Å². The molecule has 1 amide bonds. The van der Waals surface area contributed by atoms with Gasteiger partial charge in [-0.3, -0.25) is 19.7 Å². The summed E-state index contributed by atoms with van der Waals surface area (Å²) in [4.78, 5) is 47.5. The van der Waals surface area contributed by atoms with E-state index in [9.17, 15) is 24.5 Å². The van der Waals surface area contributed by atoms with Crippen LogP contribution >= 0.6 is 11.8 Å². The Morgan fingerprint density at radius 1 is 1.38 bits per heavy atom. The molecular weight excluding hydrogens is 364 g/mol. The summed E-state index contributed by atoms with van der Waals surface area (Å²) in [5.41, 5.74) is 0.351. The Hall–Kier alpha value is -2.62. The molecule has 0 unspecified atom stereocenters. The second kappa shape index (κ2) is 8.65. The van der Waals surface area contributed by atoms with Gasteiger partial charge < -0.3 is 14.4 Å². The number of nitro benzene ring substituents is 1. The standard InChI is InChI=1S/C16H18N2O7S/c1-10-7-11(3-4-12(10)18(22)23)15(20)25-9-14(19)17-5-6-26-13(8-17)16(21)24-2/h3-4,7,13H,5-6,8-9H2,1-2H3/t13-/m0/s1. The SMILES string of the molecule is COC(=O)[C@@H]1CN(C(=O)COC(=O)c2ccc([N+](=O)[O-])c(C)c2)CCS1. The first kappa shape index (κ1) is 19.7. The molecule has 1 fully saturated rings. The second-order valence-corrected chi connectivity index (χ2v) is 6.87. The van der Waals surface area contributed by atoms with E-state index in [1.807, 2.05) is 0 Å². The minimum absolute atomic E-state index is 0.0997. The van der Waals surface area contributed by atoms with Crippen LogP contribution < -0.4 is 0 Å². The highest BCUT2D eigenvalue weighted by Crippen LogP contribution is 2.21. The van der Waals surface area contributed by atoms with E-state index in [0.29, 0.717) is 17.9 Å². The highest BCUT2D eigenvalue weighted by atomic mass is 32.2. The third-order valence-electron chi connectivity index (χ3n) is 3.84. The Morgan fingerprint density at radius 3 is 2.73 bits per heavy atom. The molecule has 0 aromatic heterocycles. The Morgan fingerprint density at radius 2 is 2.12 bits per heavy atom. The molecule has 1 aromatic rings. The summed E-state index contributed by atoms with van der Waals surface area (Å²) in [6, 6.07) is 3.84. The van der Waals surface area contributed by atoms with E-state index in [1.54, 1.807) is 0 Å². The number of carbonyl (C=O) groups is 3. The van der Waals surface area contributed by atoms with Crippen LogP contribution in [0.2, 0.25) is 0 Å². The van der Waals surface area contributed by atoms with Crippen molar-refractivity contribution in [3.8, 4) is 0 Å². The van der Waals surface area contributed by atoms with Crippen LogP contribution in [0, 0.1) is 17.0 Å². The smallest absolute Gasteiger partial charge is 0.338 e. The Labute approximate surface area is 153 Å². The van der Waals surface area contributed by atoms with Crippen molar-refractivity contribution in [2.75, 3.05) is 32.6 Å². The number of methoxy groups -OCH3 is 1. The quantitative estimate of drug-likeness (QED) is 0.423. The normalized spacial score (nSPS) is 16.7. The zero-order chi connectivity index (χ0) is 19.3. The fraction of sp³-hybridized carbons (Fsp3) is 0.438. The fourth-order valence-electron chi connectivity index (χ4n) is 2.44. The molecule has 0 bridgehead atoms. The Kier molecular flexibility index (Phi) is 6.56. The molecule has 9 nitrogen and oxygen atoms in total. The molecule has 1 aliphatic heterocycles. The lowest BCUT2D eigenvalue weighted by Crippen LogP contribution is -2.46. The molecular formula is C16H18N2O7S. The summed E-state index contributed by atoms with van der Waals surface area (Å²) in [6.45, 7) is 1.70. The molecule has 1 aliphatic rings. The van der Waals surface area contributed by atoms with Crippen molar-refractivity contribution in [2.45, 2.75) is 12.2 Å². The van der Waals surface area contributed by atoms with Crippen molar-refractivity contribution in [2.24, 2.45) is 0 Å². The molecule has 1 aromatic carbocycles. The summed E-state index contributed by atoms with van der Waals surface area (Å²) in [6.07, 6.45) is 0. The number of hydrogen-bond donors (Lipinski definition) is 0. The number of hydrogen-bond acceptors (Lipinski definition) is 8. The number of benzene rings is 1. The molecule has 0 spiro atoms. The Bertz CT molecular complexity index is 737. The molecule has 26 heavy (non-hydrogen) atoms. The zero-order valence-corrected chi connectivity index (χ0v) is 15.1. The van der Waals surface area contributed by atoms with Gasteiger partial charge in [0.15, 0.2) is 6.61 Å². The zero-order valence-electron chi connectivity index (χ0n) is 14.3. The van der Waals surface area contributed by atoms with Gasteiger partial charge in [0.25, 0.3) is 11.6 Å². The summed E-state index contributed by atoms with van der Waals surface area (Å²) in [7, 11) is 1.29. The van der Waals surface area contributed by atoms with Gasteiger partial charge in [-0.2, -0.15) is 0 Å². The Balaban J connectivity index is 1.92. The average Bonchev–Trinajstić information content (AvgIpc) is 2.64. The number of ether oxygens (including phenoxy) is 2. The van der Waals surface area contributed by atoms with Gasteiger partial charge >= 0.3 is 11.9 Å². The summed E-state index contributed by atoms with van der Waals surface area (Å²) >= 11 is 1.41. The molecule has 140 valence electrons. The molecule has 1 atom stereocenters. The van der Waals surface area contributed by atoms with E-state index in [1.165, 1.54) is 48.9 Å². The largest absolute Gasteiger partial charge is 0.468 e. The number of esters is 2. The number of carbonyl (C=O) groups excluding carboxylic acids is 3. The predicted octanol–water partition coefficient (Wildman–Crippen LogP) is 1.18. The lowest BCUT2D eigenvalue weighted by molar-refractivity contribution is -0.385. The molecule has 1 heterocycles. The van der Waals surface area contributed by atoms with Gasteiger partial charge in [-0.25, -0.2) is 4.79 Å². The second-order valence-electron chi connectivity index (χ2n) is 5.56. The topological polar surface area (TPSA) is 116 Å². The van der Waals surface area contributed by atoms with E-state index in [2.05, 4.69) is 4.74 Å². The molecule has 0 aliphatic carbocycles. The first-order valence-corrected chi connectivity index (χ1v) is 8.77. The number of aryl methyl sites for hydroxylation is 1. The molecule has 0 N–H and O–H groups in total. The van der Waals surface area contributed by atoms with Crippen molar-refractivity contribution < 1.29 is 28.8 Å². The number of nitrogens with zero attached hydrogens (tertiary/aromatic N) is 2. The number of amides is 1. The van der Waals surface area contributed by atoms with Crippen LogP contribution in [0.5, 0.6) is 0 Å². The molecule has 1 saturated heterocycles. The molecule has 2 rings (SSSR count). The van der Waals surface area contributed by atoms with Crippen molar-refractivity contribution in [3.05, 3.63) is 39.4 Å². The predicted molar refractivity (Wildman–Crippen MR) is 93.0 cm³/mol. The lowest BCUT2D eigenvalue weighted by atomic mass is 10.1. The molecule has 0 radical (unpaired) electrons. The van der Waals surface area contributed by atoms with Crippen molar-refractivity contribution in [3.63, 3.8) is 0 Å². The van der Waals surface area contributed by atoms with E-state index < -0.39 is 34.6 Å². The highest BCUT2D eigenvalue weighted by molar-refractivity contribution is 8.00. The van der Waals surface area contributed by atoms with Gasteiger partial charge in [0.05, 0.1) is 17.6 Å². The lowest BCUT2D eigenvalue weighted by Gasteiger charge is -2.30. The van der Waals surface area contributed by atoms with Gasteiger partial charge in [0.1, 0.15) is 5.25 Å². The van der Waals surface area contributed by atoms with Crippen molar-refractivity contribution in [1.29, 1.82) is 0 Å². The van der Waals surface area contributed by atoms with Crippen LogP contribution in [-0.2, 0) is 19.1 Å². The summed E-state index contributed by atoms with van der Waals surface area (Å²) in [5, 5.41) is 10.3. The third kappa shape index (κ3) is 4.72. The fourth-order valence-corrected chi connectivity index (χ4v) is 3.57. The molecule has 0 saturated carbocycles. The monoisotopic (exact) mass is 382 g/mol. The summed E-state index contributed by atoms with van der Waals surface area (Å²) < 4.78 is 9.68. The van der Waals surface area contributed by atoms with Gasteiger partial charge in [0.2, 0.25) is 0 Å². The maximum atomic E-state index is 12.2. The van der Waals surface area contributed by atoms with Gasteiger partial charge in [-0.05, 0) is 19.1 Å². The van der Waals surface area contributed by atoms with E-state index in [4.69, 9.17) is 4.74 Å². The van der Waals surface area contributed by atoms with Gasteiger partial charge in [0, 0.05) is 30.5 Å². The highest BCUT2D eigenvalue weighted by Gasteiger charge is 2.30. The van der Waals surface area contributed by atoms with Crippen LogP contribution in [0.4, 0.5) is 5.69 Å². The van der Waals surface area contributed by atoms with Crippen LogP contribution in [-0.4, -0.2) is 65.5 Å².